The Labute approximate surface area is 374 Å². The summed E-state index contributed by atoms with van der Waals surface area (Å²) in [6, 6.07) is 41.8. The van der Waals surface area contributed by atoms with Crippen molar-refractivity contribution >= 4 is 97.0 Å². The number of anilines is 3. The van der Waals surface area contributed by atoms with E-state index >= 15 is 0 Å². The molecule has 0 fully saturated rings. The number of ether oxygens (including phenoxy) is 3. The van der Waals surface area contributed by atoms with Gasteiger partial charge < -0.3 is 46.1 Å². The van der Waals surface area contributed by atoms with E-state index in [4.69, 9.17) is 62.5 Å². The first-order valence-electron chi connectivity index (χ1n) is 18.1. The topological polar surface area (TPSA) is 139 Å². The predicted octanol–water partition coefficient (Wildman–Crippen LogP) is 8.76. The molecular formula is C42H43BrClN9O3S3. The van der Waals surface area contributed by atoms with E-state index in [2.05, 4.69) is 62.8 Å². The van der Waals surface area contributed by atoms with Crippen molar-refractivity contribution in [2.45, 2.75) is 0 Å². The van der Waals surface area contributed by atoms with E-state index in [1.165, 1.54) is 0 Å². The van der Waals surface area contributed by atoms with Gasteiger partial charge in [0, 0.05) is 23.1 Å². The van der Waals surface area contributed by atoms with Crippen LogP contribution in [0.2, 0.25) is 5.02 Å². The first-order valence-corrected chi connectivity index (χ1v) is 20.5. The summed E-state index contributed by atoms with van der Waals surface area (Å²) in [6.45, 7) is 3.48. The Morgan fingerprint density at radius 3 is 1.22 bits per heavy atom. The van der Waals surface area contributed by atoms with Gasteiger partial charge in [0.05, 0.1) is 24.7 Å². The fourth-order valence-electron chi connectivity index (χ4n) is 4.37. The first-order chi connectivity index (χ1) is 28.8. The lowest BCUT2D eigenvalue weighted by atomic mass is 10.3. The van der Waals surface area contributed by atoms with Crippen LogP contribution in [0.15, 0.2) is 157 Å². The van der Waals surface area contributed by atoms with Crippen LogP contribution in [0.5, 0.6) is 17.2 Å². The van der Waals surface area contributed by atoms with Crippen molar-refractivity contribution in [3.63, 3.8) is 0 Å². The molecule has 0 atom stereocenters. The van der Waals surface area contributed by atoms with Gasteiger partial charge in [0.15, 0.2) is 15.3 Å². The molecule has 3 aromatic carbocycles. The van der Waals surface area contributed by atoms with E-state index < -0.39 is 0 Å². The third-order valence-electron chi connectivity index (χ3n) is 7.04. The summed E-state index contributed by atoms with van der Waals surface area (Å²) in [4.78, 5) is 12.4. The molecule has 306 valence electrons. The molecule has 0 saturated heterocycles. The van der Waals surface area contributed by atoms with E-state index in [0.717, 1.165) is 27.5 Å². The van der Waals surface area contributed by atoms with Crippen molar-refractivity contribution in [2.24, 2.45) is 0 Å². The fourth-order valence-corrected chi connectivity index (χ4v) is 5.33. The van der Waals surface area contributed by atoms with Crippen molar-refractivity contribution in [3.8, 4) is 17.2 Å². The third-order valence-corrected chi connectivity index (χ3v) is 8.47. The lowest BCUT2D eigenvalue weighted by Gasteiger charge is -2.10. The van der Waals surface area contributed by atoms with E-state index in [9.17, 15) is 0 Å². The minimum atomic E-state index is 0.497. The van der Waals surface area contributed by atoms with Crippen LogP contribution in [0, 0.1) is 0 Å². The lowest BCUT2D eigenvalue weighted by molar-refractivity contribution is 0.322. The molecule has 6 N–H and O–H groups in total. The second kappa shape index (κ2) is 27.9. The van der Waals surface area contributed by atoms with Crippen molar-refractivity contribution in [1.82, 2.24) is 30.9 Å². The molecule has 0 saturated carbocycles. The van der Waals surface area contributed by atoms with Gasteiger partial charge >= 0.3 is 0 Å². The Morgan fingerprint density at radius 1 is 0.475 bits per heavy atom. The number of halogens is 2. The number of hydrogen-bond acceptors (Lipinski definition) is 9. The quantitative estimate of drug-likeness (QED) is 0.0432. The lowest BCUT2D eigenvalue weighted by Crippen LogP contribution is -2.32. The minimum absolute atomic E-state index is 0.497. The van der Waals surface area contributed by atoms with Crippen molar-refractivity contribution in [2.75, 3.05) is 55.4 Å². The normalized spacial score (nSPS) is 9.80. The predicted molar refractivity (Wildman–Crippen MR) is 254 cm³/mol. The molecule has 6 rings (SSSR count). The second-order valence-electron chi connectivity index (χ2n) is 11.6. The van der Waals surface area contributed by atoms with E-state index in [1.807, 2.05) is 121 Å². The Morgan fingerprint density at radius 2 is 0.864 bits per heavy atom. The minimum Gasteiger partial charge on any atom is -0.492 e. The Hall–Kier alpha value is -5.65. The Bertz CT molecular complexity index is 1980. The van der Waals surface area contributed by atoms with Gasteiger partial charge in [-0.1, -0.05) is 72.3 Å². The number of nitrogens with zero attached hydrogens (tertiary/aromatic N) is 3. The highest BCUT2D eigenvalue weighted by Crippen LogP contribution is 2.12. The molecule has 0 radical (unpaired) electrons. The van der Waals surface area contributed by atoms with Gasteiger partial charge in [-0.3, -0.25) is 0 Å². The van der Waals surface area contributed by atoms with Crippen LogP contribution in [0.1, 0.15) is 0 Å². The SMILES string of the molecule is S=C(NCCOc1ccccc1)Nc1ccc(Br)cn1.S=C(NCCOc1ccccc1)Nc1ccc(Cl)cn1.S=C(NCCOc1ccccc1)Nc1ccccn1. The number of para-hydroxylation sites is 3. The van der Waals surface area contributed by atoms with Gasteiger partial charge in [0.25, 0.3) is 0 Å². The molecule has 59 heavy (non-hydrogen) atoms. The van der Waals surface area contributed by atoms with Crippen LogP contribution >= 0.6 is 64.2 Å². The number of aromatic nitrogens is 3. The number of pyridine rings is 3. The number of thiocarbonyl (C=S) groups is 3. The molecule has 0 amide bonds. The number of benzene rings is 3. The molecule has 0 bridgehead atoms. The van der Waals surface area contributed by atoms with Crippen molar-refractivity contribution < 1.29 is 14.2 Å². The number of rotatable bonds is 15. The summed E-state index contributed by atoms with van der Waals surface area (Å²) < 4.78 is 17.6. The molecule has 12 nitrogen and oxygen atoms in total. The smallest absolute Gasteiger partial charge is 0.172 e. The number of hydrogen-bond donors (Lipinski definition) is 6. The van der Waals surface area contributed by atoms with Gasteiger partial charge in [-0.2, -0.15) is 0 Å². The van der Waals surface area contributed by atoms with Crippen LogP contribution in [-0.4, -0.2) is 69.7 Å². The van der Waals surface area contributed by atoms with Crippen molar-refractivity contribution in [3.05, 3.63) is 162 Å². The molecule has 0 aliphatic heterocycles. The molecule has 17 heteroatoms. The molecule has 0 spiro atoms. The van der Waals surface area contributed by atoms with Gasteiger partial charge in [-0.05, 0) is 125 Å². The zero-order chi connectivity index (χ0) is 41.8. The van der Waals surface area contributed by atoms with E-state index in [1.54, 1.807) is 30.7 Å². The van der Waals surface area contributed by atoms with Gasteiger partial charge in [0.2, 0.25) is 0 Å². The number of nitrogens with one attached hydrogen (secondary N) is 6. The molecule has 3 aromatic heterocycles. The highest BCUT2D eigenvalue weighted by molar-refractivity contribution is 9.10. The maximum absolute atomic E-state index is 5.75. The summed E-state index contributed by atoms with van der Waals surface area (Å²) in [5.41, 5.74) is 0. The third kappa shape index (κ3) is 21.1. The van der Waals surface area contributed by atoms with Crippen LogP contribution in [0.4, 0.5) is 17.5 Å². The fraction of sp³-hybridized carbons (Fsp3) is 0.143. The maximum atomic E-state index is 5.75. The van der Waals surface area contributed by atoms with Gasteiger partial charge in [-0.15, -0.1) is 0 Å². The Balaban J connectivity index is 0.000000196. The molecular weight excluding hydrogens is 890 g/mol. The average molecular weight is 933 g/mol. The molecule has 3 heterocycles. The molecule has 6 aromatic rings. The molecule has 0 aliphatic carbocycles. The second-order valence-corrected chi connectivity index (χ2v) is 14.1. The summed E-state index contributed by atoms with van der Waals surface area (Å²) in [5, 5.41) is 20.3. The maximum Gasteiger partial charge on any atom is 0.172 e. The standard InChI is InChI=1S/C14H14BrN3OS.C14H14ClN3OS.C14H15N3OS/c2*15-11-6-7-13(17-10-11)18-14(20)16-8-9-19-12-4-2-1-3-5-12;19-14(17-13-8-4-5-9-15-13)16-10-11-18-12-6-2-1-3-7-12/h2*1-7,10H,8-9H2,(H2,16,17,18,20);1-9H,10-11H2,(H2,15,16,17,19). The summed E-state index contributed by atoms with van der Waals surface area (Å²) in [6.07, 6.45) is 4.98. The summed E-state index contributed by atoms with van der Waals surface area (Å²) >= 11 is 24.5. The van der Waals surface area contributed by atoms with Crippen molar-refractivity contribution in [1.29, 1.82) is 0 Å². The van der Waals surface area contributed by atoms with E-state index in [-0.39, 0.29) is 0 Å². The zero-order valence-electron chi connectivity index (χ0n) is 31.7. The van der Waals surface area contributed by atoms with Crippen LogP contribution in [0.25, 0.3) is 0 Å². The highest BCUT2D eigenvalue weighted by Gasteiger charge is 2.01. The van der Waals surface area contributed by atoms with Crippen LogP contribution in [-0.2, 0) is 0 Å². The van der Waals surface area contributed by atoms with Crippen LogP contribution < -0.4 is 46.1 Å². The highest BCUT2D eigenvalue weighted by atomic mass is 79.9. The monoisotopic (exact) mass is 931 g/mol. The summed E-state index contributed by atoms with van der Waals surface area (Å²) in [5.74, 6) is 4.62. The van der Waals surface area contributed by atoms with E-state index in [0.29, 0.717) is 71.5 Å². The van der Waals surface area contributed by atoms with Gasteiger partial charge in [-0.25, -0.2) is 15.0 Å². The molecule has 0 unspecified atom stereocenters. The first kappa shape index (κ1) is 46.0. The largest absolute Gasteiger partial charge is 0.492 e. The molecule has 0 aliphatic rings. The Kier molecular flexibility index (Phi) is 21.8. The summed E-state index contributed by atoms with van der Waals surface area (Å²) in [7, 11) is 0. The average Bonchev–Trinajstić information content (AvgIpc) is 3.26. The van der Waals surface area contributed by atoms with Crippen LogP contribution in [0.3, 0.4) is 0 Å². The zero-order valence-corrected chi connectivity index (χ0v) is 36.5. The van der Waals surface area contributed by atoms with Gasteiger partial charge in [0.1, 0.15) is 54.5 Å².